The largest absolute Gasteiger partial charge is 0.388 e. The molecule has 1 aromatic heterocycles. The second-order valence-electron chi connectivity index (χ2n) is 5.37. The first kappa shape index (κ1) is 14.5. The van der Waals surface area contributed by atoms with E-state index in [1.807, 2.05) is 24.4 Å². The topological polar surface area (TPSA) is 97.7 Å². The number of aromatic nitrogens is 1. The Morgan fingerprint density at radius 2 is 2.00 bits per heavy atom. The van der Waals surface area contributed by atoms with Gasteiger partial charge in [-0.15, -0.1) is 0 Å². The maximum Gasteiger partial charge on any atom is 0.137 e. The zero-order valence-electron chi connectivity index (χ0n) is 11.6. The number of nitrogens with one attached hydrogen (secondary N) is 2. The van der Waals surface area contributed by atoms with E-state index in [9.17, 15) is 15.3 Å². The summed E-state index contributed by atoms with van der Waals surface area (Å²) in [5.41, 5.74) is 2.28. The summed E-state index contributed by atoms with van der Waals surface area (Å²) in [6.45, 7) is 0.620. The number of aromatic amines is 1. The zero-order chi connectivity index (χ0) is 14.8. The molecule has 4 atom stereocenters. The Hall–Kier alpha value is -1.44. The number of aliphatic hydroxyl groups is 3. The quantitative estimate of drug-likeness (QED) is 0.535. The van der Waals surface area contributed by atoms with Gasteiger partial charge in [-0.2, -0.15) is 0 Å². The molecule has 1 saturated heterocycles. The van der Waals surface area contributed by atoms with Crippen molar-refractivity contribution in [3.8, 4) is 0 Å². The molecule has 1 aromatic carbocycles. The third-order valence-electron chi connectivity index (χ3n) is 3.92. The van der Waals surface area contributed by atoms with Gasteiger partial charge in [0.2, 0.25) is 0 Å². The Morgan fingerprint density at radius 3 is 2.86 bits per heavy atom. The minimum absolute atomic E-state index is 0.0168. The Labute approximate surface area is 122 Å². The van der Waals surface area contributed by atoms with E-state index in [1.165, 1.54) is 10.9 Å². The van der Waals surface area contributed by atoms with Crippen LogP contribution in [-0.4, -0.2) is 58.0 Å². The molecule has 1 unspecified atom stereocenters. The monoisotopic (exact) mass is 292 g/mol. The SMILES string of the molecule is O[C@@H]1[C@H](O)COC(NCCc2c[nH]c3ccccc23)[C@@H]1O. The fraction of sp³-hybridized carbons (Fsp3) is 0.467. The molecule has 114 valence electrons. The van der Waals surface area contributed by atoms with Gasteiger partial charge in [-0.3, -0.25) is 5.32 Å². The molecule has 2 aromatic rings. The van der Waals surface area contributed by atoms with Crippen LogP contribution in [0.15, 0.2) is 30.5 Å². The van der Waals surface area contributed by atoms with Gasteiger partial charge in [0.05, 0.1) is 6.61 Å². The second-order valence-corrected chi connectivity index (χ2v) is 5.37. The fourth-order valence-corrected chi connectivity index (χ4v) is 2.67. The molecule has 0 aliphatic carbocycles. The number of ether oxygens (including phenoxy) is 1. The number of rotatable bonds is 4. The third kappa shape index (κ3) is 2.95. The van der Waals surface area contributed by atoms with Crippen LogP contribution in [0.2, 0.25) is 0 Å². The van der Waals surface area contributed by atoms with Crippen molar-refractivity contribution in [1.82, 2.24) is 10.3 Å². The predicted molar refractivity (Wildman–Crippen MR) is 77.8 cm³/mol. The van der Waals surface area contributed by atoms with Gasteiger partial charge in [-0.1, -0.05) is 18.2 Å². The molecular weight excluding hydrogens is 272 g/mol. The summed E-state index contributed by atoms with van der Waals surface area (Å²) in [6, 6.07) is 8.07. The molecule has 0 saturated carbocycles. The summed E-state index contributed by atoms with van der Waals surface area (Å²) in [5, 5.41) is 33.1. The highest BCUT2D eigenvalue weighted by molar-refractivity contribution is 5.83. The summed E-state index contributed by atoms with van der Waals surface area (Å²) in [4.78, 5) is 3.22. The van der Waals surface area contributed by atoms with Crippen LogP contribution >= 0.6 is 0 Å². The zero-order valence-corrected chi connectivity index (χ0v) is 11.6. The van der Waals surface area contributed by atoms with E-state index in [0.717, 1.165) is 11.9 Å². The smallest absolute Gasteiger partial charge is 0.137 e. The van der Waals surface area contributed by atoms with Gasteiger partial charge < -0.3 is 25.0 Å². The number of hydrogen-bond donors (Lipinski definition) is 5. The second kappa shape index (κ2) is 6.13. The lowest BCUT2D eigenvalue weighted by molar-refractivity contribution is -0.194. The molecule has 6 nitrogen and oxygen atoms in total. The summed E-state index contributed by atoms with van der Waals surface area (Å²) in [5.74, 6) is 0. The Balaban J connectivity index is 1.56. The molecule has 0 spiro atoms. The molecule has 0 bridgehead atoms. The average molecular weight is 292 g/mol. The Kier molecular flexibility index (Phi) is 4.23. The molecule has 2 heterocycles. The van der Waals surface area contributed by atoms with Crippen LogP contribution in [0, 0.1) is 0 Å². The summed E-state index contributed by atoms with van der Waals surface area (Å²) >= 11 is 0. The lowest BCUT2D eigenvalue weighted by Crippen LogP contribution is -2.58. The van der Waals surface area contributed by atoms with E-state index >= 15 is 0 Å². The van der Waals surface area contributed by atoms with Crippen LogP contribution in [0.1, 0.15) is 5.56 Å². The van der Waals surface area contributed by atoms with Crippen LogP contribution in [-0.2, 0) is 11.2 Å². The Morgan fingerprint density at radius 1 is 1.19 bits per heavy atom. The average Bonchev–Trinajstić information content (AvgIpc) is 2.91. The van der Waals surface area contributed by atoms with Crippen molar-refractivity contribution in [3.05, 3.63) is 36.0 Å². The van der Waals surface area contributed by atoms with Gasteiger partial charge >= 0.3 is 0 Å². The van der Waals surface area contributed by atoms with E-state index in [4.69, 9.17) is 4.74 Å². The predicted octanol–water partition coefficient (Wildman–Crippen LogP) is -0.261. The van der Waals surface area contributed by atoms with Crippen molar-refractivity contribution in [1.29, 1.82) is 0 Å². The van der Waals surface area contributed by atoms with Crippen molar-refractivity contribution in [3.63, 3.8) is 0 Å². The van der Waals surface area contributed by atoms with E-state index in [2.05, 4.69) is 16.4 Å². The van der Waals surface area contributed by atoms with E-state index in [1.54, 1.807) is 0 Å². The molecule has 5 N–H and O–H groups in total. The highest BCUT2D eigenvalue weighted by Gasteiger charge is 2.37. The summed E-state index contributed by atoms with van der Waals surface area (Å²) in [7, 11) is 0. The molecule has 1 aliphatic rings. The summed E-state index contributed by atoms with van der Waals surface area (Å²) < 4.78 is 5.30. The number of hydrogen-bond acceptors (Lipinski definition) is 5. The number of aliphatic hydroxyl groups excluding tert-OH is 3. The standard InChI is InChI=1S/C15H20N2O4/c18-12-8-21-15(14(20)13(12)19)16-6-5-9-7-17-11-4-2-1-3-10(9)11/h1-4,7,12-20H,5-6,8H2/t12-,13-,14-,15?/m1/s1. The highest BCUT2D eigenvalue weighted by Crippen LogP contribution is 2.18. The van der Waals surface area contributed by atoms with Crippen molar-refractivity contribution in [2.24, 2.45) is 0 Å². The first-order chi connectivity index (χ1) is 10.2. The van der Waals surface area contributed by atoms with Crippen molar-refractivity contribution in [2.45, 2.75) is 31.0 Å². The molecule has 1 aliphatic heterocycles. The molecule has 21 heavy (non-hydrogen) atoms. The van der Waals surface area contributed by atoms with Crippen molar-refractivity contribution in [2.75, 3.05) is 13.2 Å². The van der Waals surface area contributed by atoms with Gasteiger partial charge in [-0.05, 0) is 18.1 Å². The molecule has 0 radical (unpaired) electrons. The molecule has 6 heteroatoms. The molecule has 0 amide bonds. The Bertz CT molecular complexity index is 600. The van der Waals surface area contributed by atoms with Crippen LogP contribution in [0.25, 0.3) is 10.9 Å². The lowest BCUT2D eigenvalue weighted by Gasteiger charge is -2.35. The number of fused-ring (bicyclic) bond motifs is 1. The minimum atomic E-state index is -1.18. The normalized spacial score (nSPS) is 29.9. The fourth-order valence-electron chi connectivity index (χ4n) is 2.67. The molecule has 3 rings (SSSR count). The van der Waals surface area contributed by atoms with Gasteiger partial charge in [0.1, 0.15) is 24.5 Å². The van der Waals surface area contributed by atoms with Crippen molar-refractivity contribution >= 4 is 10.9 Å². The van der Waals surface area contributed by atoms with Crippen molar-refractivity contribution < 1.29 is 20.1 Å². The van der Waals surface area contributed by atoms with Crippen LogP contribution in [0.4, 0.5) is 0 Å². The first-order valence-corrected chi connectivity index (χ1v) is 7.11. The van der Waals surface area contributed by atoms with Crippen LogP contribution < -0.4 is 5.32 Å². The number of H-pyrrole nitrogens is 1. The van der Waals surface area contributed by atoms with E-state index in [-0.39, 0.29) is 6.61 Å². The number of para-hydroxylation sites is 1. The van der Waals surface area contributed by atoms with Gasteiger partial charge in [0, 0.05) is 23.6 Å². The van der Waals surface area contributed by atoms with Crippen LogP contribution in [0.5, 0.6) is 0 Å². The van der Waals surface area contributed by atoms with Crippen LogP contribution in [0.3, 0.4) is 0 Å². The van der Waals surface area contributed by atoms with Gasteiger partial charge in [0.25, 0.3) is 0 Å². The highest BCUT2D eigenvalue weighted by atomic mass is 16.5. The van der Waals surface area contributed by atoms with E-state index < -0.39 is 24.5 Å². The number of benzene rings is 1. The maximum atomic E-state index is 9.83. The third-order valence-corrected chi connectivity index (χ3v) is 3.92. The first-order valence-electron chi connectivity index (χ1n) is 7.11. The molecule has 1 fully saturated rings. The molecular formula is C15H20N2O4. The van der Waals surface area contributed by atoms with Gasteiger partial charge in [0.15, 0.2) is 0 Å². The lowest BCUT2D eigenvalue weighted by atomic mass is 10.0. The summed E-state index contributed by atoms with van der Waals surface area (Å²) in [6.07, 6.45) is -1.25. The minimum Gasteiger partial charge on any atom is -0.388 e. The maximum absolute atomic E-state index is 9.83. The van der Waals surface area contributed by atoms with Gasteiger partial charge in [-0.25, -0.2) is 0 Å². The van der Waals surface area contributed by atoms with E-state index in [0.29, 0.717) is 6.54 Å².